The number of hydrogen-bond donors (Lipinski definition) is 2. The van der Waals surface area contributed by atoms with Crippen molar-refractivity contribution in [2.45, 2.75) is 47.2 Å². The van der Waals surface area contributed by atoms with Crippen LogP contribution in [0.1, 0.15) is 53.1 Å². The molecule has 5 heteroatoms. The minimum atomic E-state index is -0.865. The van der Waals surface area contributed by atoms with Gasteiger partial charge in [0.2, 0.25) is 0 Å². The summed E-state index contributed by atoms with van der Waals surface area (Å²) in [6.45, 7) is 10.3. The summed E-state index contributed by atoms with van der Waals surface area (Å²) in [5, 5.41) is 13.8. The van der Waals surface area contributed by atoms with Gasteiger partial charge in [0.05, 0.1) is 5.56 Å². The standard InChI is InChI=1S/C20H27ClN2O2/c1-13(2)9-10-22-11-18-14(3)23(15(4)19(18)20(24)25)12-16-5-7-17(21)8-6-16/h5-8,13,22H,9-12H2,1-4H3,(H,24,25). The van der Waals surface area contributed by atoms with E-state index in [0.29, 0.717) is 29.6 Å². The van der Waals surface area contributed by atoms with Gasteiger partial charge in [0, 0.05) is 35.1 Å². The van der Waals surface area contributed by atoms with Crippen LogP contribution >= 0.6 is 11.6 Å². The number of rotatable bonds is 8. The van der Waals surface area contributed by atoms with Crippen molar-refractivity contribution in [1.29, 1.82) is 0 Å². The normalized spacial score (nSPS) is 11.3. The van der Waals surface area contributed by atoms with Crippen LogP contribution in [-0.2, 0) is 13.1 Å². The van der Waals surface area contributed by atoms with E-state index in [0.717, 1.165) is 35.5 Å². The molecule has 2 rings (SSSR count). The van der Waals surface area contributed by atoms with Crippen molar-refractivity contribution in [3.63, 3.8) is 0 Å². The third-order valence-corrected chi connectivity index (χ3v) is 4.83. The zero-order chi connectivity index (χ0) is 18.6. The summed E-state index contributed by atoms with van der Waals surface area (Å²) in [5.41, 5.74) is 4.19. The van der Waals surface area contributed by atoms with Crippen LogP contribution in [0.5, 0.6) is 0 Å². The van der Waals surface area contributed by atoms with Gasteiger partial charge in [0.1, 0.15) is 0 Å². The van der Waals surface area contributed by atoms with Crippen LogP contribution in [-0.4, -0.2) is 22.2 Å². The fraction of sp³-hybridized carbons (Fsp3) is 0.450. The molecule has 0 bridgehead atoms. The highest BCUT2D eigenvalue weighted by Crippen LogP contribution is 2.24. The summed E-state index contributed by atoms with van der Waals surface area (Å²) in [6, 6.07) is 7.67. The first-order valence-electron chi connectivity index (χ1n) is 8.68. The number of carboxylic acids is 1. The van der Waals surface area contributed by atoms with Crippen LogP contribution in [0.2, 0.25) is 5.02 Å². The molecule has 1 aromatic carbocycles. The molecule has 0 aliphatic rings. The fourth-order valence-corrected chi connectivity index (χ4v) is 3.19. The number of nitrogens with zero attached hydrogens (tertiary/aromatic N) is 1. The third kappa shape index (κ3) is 4.86. The molecule has 4 nitrogen and oxygen atoms in total. The Bertz CT molecular complexity index is 733. The third-order valence-electron chi connectivity index (χ3n) is 4.58. The average molecular weight is 363 g/mol. The zero-order valence-corrected chi connectivity index (χ0v) is 16.2. The van der Waals surface area contributed by atoms with Crippen LogP contribution in [0, 0.1) is 19.8 Å². The van der Waals surface area contributed by atoms with Crippen molar-refractivity contribution in [3.05, 3.63) is 57.4 Å². The van der Waals surface area contributed by atoms with E-state index < -0.39 is 5.97 Å². The lowest BCUT2D eigenvalue weighted by atomic mass is 10.1. The molecule has 0 aliphatic carbocycles. The van der Waals surface area contributed by atoms with Gasteiger partial charge in [-0.25, -0.2) is 4.79 Å². The molecule has 0 atom stereocenters. The Labute approximate surface area is 154 Å². The van der Waals surface area contributed by atoms with Crippen molar-refractivity contribution < 1.29 is 9.90 Å². The van der Waals surface area contributed by atoms with E-state index in [4.69, 9.17) is 11.6 Å². The zero-order valence-electron chi connectivity index (χ0n) is 15.4. The number of benzene rings is 1. The van der Waals surface area contributed by atoms with E-state index in [1.807, 2.05) is 38.1 Å². The second kappa shape index (κ2) is 8.54. The van der Waals surface area contributed by atoms with Gasteiger partial charge in [0.15, 0.2) is 0 Å². The molecular weight excluding hydrogens is 336 g/mol. The van der Waals surface area contributed by atoms with Crippen LogP contribution in [0.25, 0.3) is 0 Å². The molecule has 0 saturated carbocycles. The van der Waals surface area contributed by atoms with Crippen molar-refractivity contribution in [2.75, 3.05) is 6.54 Å². The number of aromatic nitrogens is 1. The quantitative estimate of drug-likeness (QED) is 0.672. The molecule has 0 spiro atoms. The van der Waals surface area contributed by atoms with Crippen LogP contribution < -0.4 is 5.32 Å². The molecule has 0 unspecified atom stereocenters. The SMILES string of the molecule is Cc1c(CNCCC(C)C)c(C(=O)O)c(C)n1Cc1ccc(Cl)cc1. The molecule has 0 fully saturated rings. The summed E-state index contributed by atoms with van der Waals surface area (Å²) < 4.78 is 2.08. The molecular formula is C20H27ClN2O2. The van der Waals surface area contributed by atoms with E-state index in [1.54, 1.807) is 0 Å². The first-order valence-corrected chi connectivity index (χ1v) is 9.06. The van der Waals surface area contributed by atoms with E-state index in [2.05, 4.69) is 23.7 Å². The molecule has 0 saturated heterocycles. The smallest absolute Gasteiger partial charge is 0.337 e. The minimum Gasteiger partial charge on any atom is -0.478 e. The lowest BCUT2D eigenvalue weighted by Crippen LogP contribution is -2.18. The lowest BCUT2D eigenvalue weighted by Gasteiger charge is -2.11. The van der Waals surface area contributed by atoms with Crippen LogP contribution in [0.4, 0.5) is 0 Å². The van der Waals surface area contributed by atoms with E-state index in [1.165, 1.54) is 0 Å². The molecule has 0 radical (unpaired) electrons. The van der Waals surface area contributed by atoms with Gasteiger partial charge in [-0.2, -0.15) is 0 Å². The highest BCUT2D eigenvalue weighted by Gasteiger charge is 2.22. The Kier molecular flexibility index (Phi) is 6.68. The van der Waals surface area contributed by atoms with E-state index in [-0.39, 0.29) is 0 Å². The average Bonchev–Trinajstić information content (AvgIpc) is 2.77. The molecule has 136 valence electrons. The monoisotopic (exact) mass is 362 g/mol. The number of halogens is 1. The van der Waals surface area contributed by atoms with Gasteiger partial charge in [-0.3, -0.25) is 0 Å². The Morgan fingerprint density at radius 2 is 1.84 bits per heavy atom. The van der Waals surface area contributed by atoms with Crippen LogP contribution in [0.15, 0.2) is 24.3 Å². The molecule has 2 N–H and O–H groups in total. The molecule has 2 aromatic rings. The number of hydrogen-bond acceptors (Lipinski definition) is 2. The van der Waals surface area contributed by atoms with Crippen molar-refractivity contribution in [3.8, 4) is 0 Å². The first kappa shape index (κ1) is 19.5. The van der Waals surface area contributed by atoms with E-state index >= 15 is 0 Å². The molecule has 0 aliphatic heterocycles. The molecule has 0 amide bonds. The summed E-state index contributed by atoms with van der Waals surface area (Å²) >= 11 is 5.95. The molecule has 1 aromatic heterocycles. The summed E-state index contributed by atoms with van der Waals surface area (Å²) in [4.78, 5) is 11.8. The summed E-state index contributed by atoms with van der Waals surface area (Å²) in [6.07, 6.45) is 1.08. The number of carboxylic acid groups (broad SMARTS) is 1. The maximum atomic E-state index is 11.8. The van der Waals surface area contributed by atoms with Gasteiger partial charge in [-0.05, 0) is 50.4 Å². The Hall–Kier alpha value is -1.78. The number of nitrogens with one attached hydrogen (secondary N) is 1. The maximum Gasteiger partial charge on any atom is 0.337 e. The predicted molar refractivity (Wildman–Crippen MR) is 103 cm³/mol. The topological polar surface area (TPSA) is 54.3 Å². The largest absolute Gasteiger partial charge is 0.478 e. The van der Waals surface area contributed by atoms with Crippen molar-refractivity contribution >= 4 is 17.6 Å². The predicted octanol–water partition coefficient (Wildman–Crippen LogP) is 4.64. The Balaban J connectivity index is 2.26. The number of aromatic carboxylic acids is 1. The lowest BCUT2D eigenvalue weighted by molar-refractivity contribution is 0.0694. The van der Waals surface area contributed by atoms with Gasteiger partial charge in [-0.1, -0.05) is 37.6 Å². The second-order valence-electron chi connectivity index (χ2n) is 6.90. The van der Waals surface area contributed by atoms with Gasteiger partial charge in [0.25, 0.3) is 0 Å². The van der Waals surface area contributed by atoms with E-state index in [9.17, 15) is 9.90 Å². The fourth-order valence-electron chi connectivity index (χ4n) is 3.06. The highest BCUT2D eigenvalue weighted by molar-refractivity contribution is 6.30. The van der Waals surface area contributed by atoms with Gasteiger partial charge >= 0.3 is 5.97 Å². The first-order chi connectivity index (χ1) is 11.8. The van der Waals surface area contributed by atoms with Crippen LogP contribution in [0.3, 0.4) is 0 Å². The number of carbonyl (C=O) groups is 1. The van der Waals surface area contributed by atoms with Crippen molar-refractivity contribution in [1.82, 2.24) is 9.88 Å². The second-order valence-corrected chi connectivity index (χ2v) is 7.34. The van der Waals surface area contributed by atoms with Gasteiger partial charge in [-0.15, -0.1) is 0 Å². The Morgan fingerprint density at radius 3 is 2.40 bits per heavy atom. The Morgan fingerprint density at radius 1 is 1.20 bits per heavy atom. The highest BCUT2D eigenvalue weighted by atomic mass is 35.5. The summed E-state index contributed by atoms with van der Waals surface area (Å²) in [5.74, 6) is -0.236. The minimum absolute atomic E-state index is 0.420. The molecule has 1 heterocycles. The maximum absolute atomic E-state index is 11.8. The van der Waals surface area contributed by atoms with Crippen molar-refractivity contribution in [2.24, 2.45) is 5.92 Å². The molecule has 25 heavy (non-hydrogen) atoms. The summed E-state index contributed by atoms with van der Waals surface area (Å²) in [7, 11) is 0. The van der Waals surface area contributed by atoms with Gasteiger partial charge < -0.3 is 15.0 Å².